The summed E-state index contributed by atoms with van der Waals surface area (Å²) in [5, 5.41) is 10.9. The van der Waals surface area contributed by atoms with Gasteiger partial charge in [0.2, 0.25) is 0 Å². The van der Waals surface area contributed by atoms with Crippen LogP contribution in [0.3, 0.4) is 0 Å². The first-order valence-electron chi connectivity index (χ1n) is 8.55. The van der Waals surface area contributed by atoms with Crippen LogP contribution < -0.4 is 0 Å². The van der Waals surface area contributed by atoms with E-state index >= 15 is 0 Å². The molecule has 26 heavy (non-hydrogen) atoms. The van der Waals surface area contributed by atoms with Crippen molar-refractivity contribution in [2.75, 3.05) is 5.75 Å². The molecule has 0 saturated heterocycles. The summed E-state index contributed by atoms with van der Waals surface area (Å²) in [6, 6.07) is 10.6. The number of thioether (sulfide) groups is 1. The summed E-state index contributed by atoms with van der Waals surface area (Å²) in [7, 11) is 0. The molecule has 0 atom stereocenters. The average molecular weight is 362 g/mol. The minimum absolute atomic E-state index is 0.177. The molecule has 0 aliphatic rings. The van der Waals surface area contributed by atoms with Crippen LogP contribution in [0.4, 0.5) is 0 Å². The van der Waals surface area contributed by atoms with Crippen molar-refractivity contribution in [1.82, 2.24) is 9.97 Å². The normalized spacial score (nSPS) is 12.2. The van der Waals surface area contributed by atoms with Gasteiger partial charge in [-0.15, -0.1) is 11.8 Å². The highest BCUT2D eigenvalue weighted by Gasteiger charge is 2.09. The SMILES string of the molecule is C=C(/C=C(O)\C=C/C)c1cnc2[nH]cc(-c3ccc(SCC)cc3)c2c1. The van der Waals surface area contributed by atoms with Crippen molar-refractivity contribution in [3.05, 3.63) is 78.9 Å². The van der Waals surface area contributed by atoms with E-state index in [-0.39, 0.29) is 5.76 Å². The second-order valence-corrected chi connectivity index (χ2v) is 7.21. The minimum atomic E-state index is 0.177. The number of hydrogen-bond acceptors (Lipinski definition) is 3. The summed E-state index contributed by atoms with van der Waals surface area (Å²) in [6.45, 7) is 8.06. The van der Waals surface area contributed by atoms with Gasteiger partial charge in [-0.3, -0.25) is 0 Å². The van der Waals surface area contributed by atoms with Crippen LogP contribution in [0.1, 0.15) is 19.4 Å². The number of hydrogen-bond donors (Lipinski definition) is 2. The average Bonchev–Trinajstić information content (AvgIpc) is 3.06. The predicted octanol–water partition coefficient (Wildman–Crippen LogP) is 6.37. The van der Waals surface area contributed by atoms with Gasteiger partial charge in [0.1, 0.15) is 11.4 Å². The Morgan fingerprint density at radius 1 is 1.31 bits per heavy atom. The van der Waals surface area contributed by atoms with Gasteiger partial charge in [0.15, 0.2) is 0 Å². The highest BCUT2D eigenvalue weighted by Crippen LogP contribution is 2.31. The van der Waals surface area contributed by atoms with E-state index in [0.717, 1.165) is 39.0 Å². The number of aromatic nitrogens is 2. The fraction of sp³-hybridized carbons (Fsp3) is 0.136. The fourth-order valence-electron chi connectivity index (χ4n) is 2.80. The zero-order chi connectivity index (χ0) is 18.5. The number of nitrogens with zero attached hydrogens (tertiary/aromatic N) is 1. The molecule has 0 unspecified atom stereocenters. The molecule has 2 aromatic heterocycles. The zero-order valence-electron chi connectivity index (χ0n) is 15.0. The van der Waals surface area contributed by atoms with E-state index in [2.05, 4.69) is 53.8 Å². The largest absolute Gasteiger partial charge is 0.508 e. The Labute approximate surface area is 158 Å². The fourth-order valence-corrected chi connectivity index (χ4v) is 3.46. The van der Waals surface area contributed by atoms with E-state index in [1.165, 1.54) is 4.90 Å². The predicted molar refractivity (Wildman–Crippen MR) is 112 cm³/mol. The number of benzene rings is 1. The lowest BCUT2D eigenvalue weighted by atomic mass is 10.0. The number of aromatic amines is 1. The van der Waals surface area contributed by atoms with E-state index in [9.17, 15) is 5.11 Å². The molecule has 1 aromatic carbocycles. The molecule has 0 saturated carbocycles. The number of pyridine rings is 1. The van der Waals surface area contributed by atoms with Gasteiger partial charge < -0.3 is 10.1 Å². The van der Waals surface area contributed by atoms with Crippen molar-refractivity contribution < 1.29 is 5.11 Å². The molecule has 0 spiro atoms. The maximum absolute atomic E-state index is 9.84. The van der Waals surface area contributed by atoms with Crippen LogP contribution in [0, 0.1) is 0 Å². The lowest BCUT2D eigenvalue weighted by Crippen LogP contribution is -1.86. The lowest BCUT2D eigenvalue weighted by molar-refractivity contribution is 0.433. The molecule has 3 nitrogen and oxygen atoms in total. The molecule has 0 radical (unpaired) electrons. The monoisotopic (exact) mass is 362 g/mol. The Balaban J connectivity index is 1.98. The number of nitrogens with one attached hydrogen (secondary N) is 1. The topological polar surface area (TPSA) is 48.9 Å². The van der Waals surface area contributed by atoms with Gasteiger partial charge in [-0.05, 0) is 54.2 Å². The van der Waals surface area contributed by atoms with Gasteiger partial charge in [0, 0.05) is 33.8 Å². The summed E-state index contributed by atoms with van der Waals surface area (Å²) in [5.41, 5.74) is 4.69. The van der Waals surface area contributed by atoms with Crippen molar-refractivity contribution in [3.8, 4) is 11.1 Å². The van der Waals surface area contributed by atoms with Crippen molar-refractivity contribution >= 4 is 28.4 Å². The molecular formula is C22H22N2OS. The first-order chi connectivity index (χ1) is 12.6. The van der Waals surface area contributed by atoms with Gasteiger partial charge in [-0.1, -0.05) is 31.7 Å². The highest BCUT2D eigenvalue weighted by atomic mass is 32.2. The van der Waals surface area contributed by atoms with Crippen LogP contribution in [0.2, 0.25) is 0 Å². The molecule has 2 N–H and O–H groups in total. The van der Waals surface area contributed by atoms with Crippen molar-refractivity contribution in [2.24, 2.45) is 0 Å². The molecule has 3 aromatic rings. The maximum atomic E-state index is 9.84. The van der Waals surface area contributed by atoms with E-state index < -0.39 is 0 Å². The molecule has 4 heteroatoms. The van der Waals surface area contributed by atoms with Crippen molar-refractivity contribution in [1.29, 1.82) is 0 Å². The summed E-state index contributed by atoms with van der Waals surface area (Å²) in [4.78, 5) is 9.00. The number of aliphatic hydroxyl groups excluding tert-OH is 1. The molecule has 3 rings (SSSR count). The number of aliphatic hydroxyl groups is 1. The summed E-state index contributed by atoms with van der Waals surface area (Å²) in [6.07, 6.45) is 8.82. The molecule has 2 heterocycles. The Kier molecular flexibility index (Phi) is 5.64. The zero-order valence-corrected chi connectivity index (χ0v) is 15.8. The summed E-state index contributed by atoms with van der Waals surface area (Å²) < 4.78 is 0. The van der Waals surface area contributed by atoms with Crippen LogP contribution in [0.25, 0.3) is 27.7 Å². The van der Waals surface area contributed by atoms with Crippen LogP contribution in [0.5, 0.6) is 0 Å². The molecule has 0 bridgehead atoms. The van der Waals surface area contributed by atoms with Gasteiger partial charge in [0.05, 0.1) is 0 Å². The van der Waals surface area contributed by atoms with Crippen molar-refractivity contribution in [3.63, 3.8) is 0 Å². The molecule has 0 aliphatic carbocycles. The molecule has 0 amide bonds. The number of rotatable bonds is 6. The standard InChI is InChI=1S/C22H22N2OS/c1-4-6-18(25)11-15(3)17-12-20-21(14-24-22(20)23-13-17)16-7-9-19(10-8-16)26-5-2/h4,6-14,25H,3,5H2,1-2H3,(H,23,24)/b6-4-,18-11+. The van der Waals surface area contributed by atoms with Gasteiger partial charge >= 0.3 is 0 Å². The van der Waals surface area contributed by atoms with Crippen LogP contribution in [0.15, 0.2) is 78.2 Å². The summed E-state index contributed by atoms with van der Waals surface area (Å²) >= 11 is 1.83. The van der Waals surface area contributed by atoms with Crippen molar-refractivity contribution in [2.45, 2.75) is 18.7 Å². The smallest absolute Gasteiger partial charge is 0.137 e. The Hall–Kier alpha value is -2.72. The van der Waals surface area contributed by atoms with Crippen LogP contribution in [-0.2, 0) is 0 Å². The van der Waals surface area contributed by atoms with E-state index in [1.54, 1.807) is 24.4 Å². The number of fused-ring (bicyclic) bond motifs is 1. The van der Waals surface area contributed by atoms with E-state index in [1.807, 2.05) is 24.9 Å². The number of allylic oxidation sites excluding steroid dienone is 4. The molecule has 132 valence electrons. The van der Waals surface area contributed by atoms with Gasteiger partial charge in [-0.2, -0.15) is 0 Å². The quantitative estimate of drug-likeness (QED) is 0.304. The first-order valence-corrected chi connectivity index (χ1v) is 9.54. The molecule has 0 fully saturated rings. The van der Waals surface area contributed by atoms with E-state index in [0.29, 0.717) is 0 Å². The van der Waals surface area contributed by atoms with Crippen LogP contribution in [-0.4, -0.2) is 20.8 Å². The third-order valence-electron chi connectivity index (χ3n) is 4.04. The second kappa shape index (κ2) is 8.11. The minimum Gasteiger partial charge on any atom is -0.508 e. The van der Waals surface area contributed by atoms with Crippen LogP contribution >= 0.6 is 11.8 Å². The Morgan fingerprint density at radius 3 is 2.77 bits per heavy atom. The lowest BCUT2D eigenvalue weighted by Gasteiger charge is -2.05. The maximum Gasteiger partial charge on any atom is 0.137 e. The molecule has 0 aliphatic heterocycles. The summed E-state index contributed by atoms with van der Waals surface area (Å²) in [5.74, 6) is 1.24. The molecular weight excluding hydrogens is 340 g/mol. The van der Waals surface area contributed by atoms with Gasteiger partial charge in [0.25, 0.3) is 0 Å². The Bertz CT molecular complexity index is 981. The van der Waals surface area contributed by atoms with Gasteiger partial charge in [-0.25, -0.2) is 4.98 Å². The third kappa shape index (κ3) is 3.92. The number of H-pyrrole nitrogens is 1. The Morgan fingerprint density at radius 2 is 2.08 bits per heavy atom. The van der Waals surface area contributed by atoms with E-state index in [4.69, 9.17) is 0 Å². The first kappa shape index (κ1) is 18.1. The second-order valence-electron chi connectivity index (χ2n) is 5.87. The highest BCUT2D eigenvalue weighted by molar-refractivity contribution is 7.99. The third-order valence-corrected chi connectivity index (χ3v) is 4.93.